The molecule has 0 radical (unpaired) electrons. The maximum absolute atomic E-state index is 12.0. The molecule has 0 saturated heterocycles. The molecule has 8 nitrogen and oxygen atoms in total. The minimum absolute atomic E-state index is 0.130. The van der Waals surface area contributed by atoms with Gasteiger partial charge in [-0.1, -0.05) is 5.21 Å². The number of carbonyl (C=O) groups excluding carboxylic acids is 1. The van der Waals surface area contributed by atoms with Crippen molar-refractivity contribution in [3.63, 3.8) is 0 Å². The molecule has 9 heteroatoms. The Morgan fingerprint density at radius 3 is 2.95 bits per heavy atom. The lowest BCUT2D eigenvalue weighted by molar-refractivity contribution is -0.384. The number of hydrogen-bond donors (Lipinski definition) is 1. The molecule has 0 spiro atoms. The van der Waals surface area contributed by atoms with Gasteiger partial charge in [0.2, 0.25) is 0 Å². The van der Waals surface area contributed by atoms with Crippen LogP contribution in [0.5, 0.6) is 0 Å². The summed E-state index contributed by atoms with van der Waals surface area (Å²) in [4.78, 5) is 22.1. The van der Waals surface area contributed by atoms with Gasteiger partial charge in [0.05, 0.1) is 23.2 Å². The highest BCUT2D eigenvalue weighted by molar-refractivity contribution is 9.10. The van der Waals surface area contributed by atoms with Crippen LogP contribution in [-0.2, 0) is 6.54 Å². The van der Waals surface area contributed by atoms with Gasteiger partial charge in [-0.05, 0) is 22.0 Å². The largest absolute Gasteiger partial charge is 0.350 e. The van der Waals surface area contributed by atoms with Gasteiger partial charge in [0.1, 0.15) is 0 Å². The maximum Gasteiger partial charge on any atom is 0.270 e. The van der Waals surface area contributed by atoms with E-state index in [1.807, 2.05) is 0 Å². The Morgan fingerprint density at radius 1 is 1.50 bits per heavy atom. The average molecular weight is 340 g/mol. The van der Waals surface area contributed by atoms with Crippen molar-refractivity contribution in [3.8, 4) is 0 Å². The van der Waals surface area contributed by atoms with Gasteiger partial charge in [-0.2, -0.15) is 0 Å². The van der Waals surface area contributed by atoms with Crippen LogP contribution in [0.25, 0.3) is 0 Å². The van der Waals surface area contributed by atoms with Gasteiger partial charge in [0.15, 0.2) is 0 Å². The molecule has 20 heavy (non-hydrogen) atoms. The van der Waals surface area contributed by atoms with Gasteiger partial charge in [-0.15, -0.1) is 5.10 Å². The van der Waals surface area contributed by atoms with Crippen molar-refractivity contribution < 1.29 is 9.72 Å². The summed E-state index contributed by atoms with van der Waals surface area (Å²) in [6.07, 6.45) is 3.22. The minimum atomic E-state index is -0.543. The van der Waals surface area contributed by atoms with Crippen molar-refractivity contribution in [1.82, 2.24) is 20.3 Å². The number of nitro benzene ring substituents is 1. The first-order valence-corrected chi connectivity index (χ1v) is 6.43. The number of amides is 1. The quantitative estimate of drug-likeness (QED) is 0.654. The number of benzene rings is 1. The molecule has 2 rings (SSSR count). The number of aromatic nitrogens is 3. The molecule has 1 N–H and O–H groups in total. The summed E-state index contributed by atoms with van der Waals surface area (Å²) in [6, 6.07) is 4.04. The molecule has 104 valence electrons. The SMILES string of the molecule is O=C(NCCn1ccnn1)c1cc([N+](=O)[O-])ccc1Br. The van der Waals surface area contributed by atoms with Crippen molar-refractivity contribution in [1.29, 1.82) is 0 Å². The third-order valence-corrected chi connectivity index (χ3v) is 3.20. The maximum atomic E-state index is 12.0. The number of non-ortho nitro benzene ring substituents is 1. The summed E-state index contributed by atoms with van der Waals surface area (Å²) in [5.74, 6) is -0.388. The average Bonchev–Trinajstić information content (AvgIpc) is 2.92. The molecule has 0 aliphatic heterocycles. The van der Waals surface area contributed by atoms with E-state index >= 15 is 0 Å². The summed E-state index contributed by atoms with van der Waals surface area (Å²) in [5.41, 5.74) is 0.0902. The lowest BCUT2D eigenvalue weighted by Crippen LogP contribution is -2.27. The fourth-order valence-electron chi connectivity index (χ4n) is 1.53. The Morgan fingerprint density at radius 2 is 2.30 bits per heavy atom. The zero-order valence-corrected chi connectivity index (χ0v) is 11.8. The second-order valence-electron chi connectivity index (χ2n) is 3.84. The Balaban J connectivity index is 2.01. The summed E-state index contributed by atoms with van der Waals surface area (Å²) >= 11 is 3.20. The number of nitrogens with one attached hydrogen (secondary N) is 1. The number of hydrogen-bond acceptors (Lipinski definition) is 5. The molecule has 0 aliphatic rings. The standard InChI is InChI=1S/C11H10BrN5O3/c12-10-2-1-8(17(19)20)7-9(10)11(18)13-3-5-16-6-4-14-15-16/h1-2,4,6-7H,3,5H2,(H,13,18). The molecular formula is C11H10BrN5O3. The Bertz CT molecular complexity index is 629. The van der Waals surface area contributed by atoms with Crippen LogP contribution in [0.1, 0.15) is 10.4 Å². The van der Waals surface area contributed by atoms with Crippen molar-refractivity contribution in [2.45, 2.75) is 6.54 Å². The third-order valence-electron chi connectivity index (χ3n) is 2.50. The fraction of sp³-hybridized carbons (Fsp3) is 0.182. The van der Waals surface area contributed by atoms with Crippen LogP contribution in [0.15, 0.2) is 35.1 Å². The van der Waals surface area contributed by atoms with Crippen molar-refractivity contribution >= 4 is 27.5 Å². The molecule has 2 aromatic rings. The van der Waals surface area contributed by atoms with E-state index in [1.54, 1.807) is 17.1 Å². The first-order chi connectivity index (χ1) is 9.58. The smallest absolute Gasteiger partial charge is 0.270 e. The lowest BCUT2D eigenvalue weighted by Gasteiger charge is -2.06. The van der Waals surface area contributed by atoms with Gasteiger partial charge in [-0.3, -0.25) is 19.6 Å². The van der Waals surface area contributed by atoms with Gasteiger partial charge in [-0.25, -0.2) is 0 Å². The topological polar surface area (TPSA) is 103 Å². The van der Waals surface area contributed by atoms with Crippen molar-refractivity contribution in [2.75, 3.05) is 6.54 Å². The van der Waals surface area contributed by atoms with Crippen molar-refractivity contribution in [3.05, 3.63) is 50.7 Å². The van der Waals surface area contributed by atoms with Crippen molar-refractivity contribution in [2.24, 2.45) is 0 Å². The van der Waals surface area contributed by atoms with Crippen LogP contribution >= 0.6 is 15.9 Å². The second kappa shape index (κ2) is 6.24. The molecular weight excluding hydrogens is 330 g/mol. The zero-order valence-electron chi connectivity index (χ0n) is 10.2. The van der Waals surface area contributed by atoms with E-state index in [0.29, 0.717) is 17.6 Å². The van der Waals surface area contributed by atoms with Crippen LogP contribution in [-0.4, -0.2) is 32.4 Å². The van der Waals surface area contributed by atoms with Gasteiger partial charge < -0.3 is 5.32 Å². The highest BCUT2D eigenvalue weighted by atomic mass is 79.9. The van der Waals surface area contributed by atoms with E-state index in [-0.39, 0.29) is 17.2 Å². The van der Waals surface area contributed by atoms with E-state index in [9.17, 15) is 14.9 Å². The number of rotatable bonds is 5. The Kier molecular flexibility index (Phi) is 4.41. The van der Waals surface area contributed by atoms with E-state index in [4.69, 9.17) is 0 Å². The summed E-state index contributed by atoms with van der Waals surface area (Å²) in [6.45, 7) is 0.815. The first kappa shape index (κ1) is 14.1. The van der Waals surface area contributed by atoms with Gasteiger partial charge >= 0.3 is 0 Å². The highest BCUT2D eigenvalue weighted by Gasteiger charge is 2.15. The monoisotopic (exact) mass is 339 g/mol. The number of halogens is 1. The molecule has 0 atom stereocenters. The molecule has 1 aromatic carbocycles. The van der Waals surface area contributed by atoms with Crippen LogP contribution in [0.4, 0.5) is 5.69 Å². The van der Waals surface area contributed by atoms with E-state index in [0.717, 1.165) is 0 Å². The van der Waals surface area contributed by atoms with Crippen LogP contribution in [0, 0.1) is 10.1 Å². The van der Waals surface area contributed by atoms with Crippen LogP contribution in [0.2, 0.25) is 0 Å². The predicted octanol–water partition coefficient (Wildman–Crippen LogP) is 1.38. The minimum Gasteiger partial charge on any atom is -0.350 e. The summed E-state index contributed by atoms with van der Waals surface area (Å²) < 4.78 is 2.07. The molecule has 1 amide bonds. The highest BCUT2D eigenvalue weighted by Crippen LogP contribution is 2.22. The number of nitrogens with zero attached hydrogens (tertiary/aromatic N) is 4. The molecule has 0 bridgehead atoms. The predicted molar refractivity (Wildman–Crippen MR) is 73.2 cm³/mol. The van der Waals surface area contributed by atoms with E-state index in [2.05, 4.69) is 31.6 Å². The zero-order chi connectivity index (χ0) is 14.5. The molecule has 1 heterocycles. The number of carbonyl (C=O) groups is 1. The summed E-state index contributed by atoms with van der Waals surface area (Å²) in [7, 11) is 0. The van der Waals surface area contributed by atoms with Gasteiger partial charge in [0, 0.05) is 29.3 Å². The molecule has 0 saturated carbocycles. The lowest BCUT2D eigenvalue weighted by atomic mass is 10.2. The van der Waals surface area contributed by atoms with Gasteiger partial charge in [0.25, 0.3) is 11.6 Å². The third kappa shape index (κ3) is 3.38. The van der Waals surface area contributed by atoms with Crippen LogP contribution < -0.4 is 5.32 Å². The Hall–Kier alpha value is -2.29. The first-order valence-electron chi connectivity index (χ1n) is 5.64. The van der Waals surface area contributed by atoms with Crippen LogP contribution in [0.3, 0.4) is 0 Å². The normalized spacial score (nSPS) is 10.2. The fourth-order valence-corrected chi connectivity index (χ4v) is 1.96. The number of nitro groups is 1. The summed E-state index contributed by atoms with van der Waals surface area (Å²) in [5, 5.41) is 20.8. The molecule has 1 aromatic heterocycles. The molecule has 0 unspecified atom stereocenters. The molecule has 0 aliphatic carbocycles. The second-order valence-corrected chi connectivity index (χ2v) is 4.70. The van der Waals surface area contributed by atoms with E-state index < -0.39 is 4.92 Å². The molecule has 0 fully saturated rings. The Labute approximate surface area is 122 Å². The van der Waals surface area contributed by atoms with E-state index in [1.165, 1.54) is 18.2 Å².